The normalized spacial score (nSPS) is 15.3. The molecule has 0 saturated carbocycles. The molecule has 8 N–H and O–H groups in total. The number of hydrogen-bond donors (Lipinski definition) is 8. The lowest BCUT2D eigenvalue weighted by atomic mass is 10.0. The zero-order chi connectivity index (χ0) is 55.0. The Morgan fingerprint density at radius 1 is 0.756 bits per heavy atom. The van der Waals surface area contributed by atoms with Gasteiger partial charge in [-0.25, -0.2) is 39.7 Å². The SMILES string of the molecule is CNC(=O)C[C@@H]1NC(=O)c2csc(n2)-c2ccc(-c3nc(NC(=O)OCCCC(=O)O)cs3)nc2-c2csc(n2)-c2csc(n2)[C@H]([C@@H](O)c2ccccc2)NC(=O)CNC(=O)c2nc(sc2COC)NC(=O)c2nc1sc2C. The molecule has 0 spiro atoms. The van der Waals surface area contributed by atoms with Crippen LogP contribution in [0.5, 0.6) is 0 Å². The van der Waals surface area contributed by atoms with E-state index in [4.69, 9.17) is 34.5 Å². The van der Waals surface area contributed by atoms with Gasteiger partial charge in [-0.2, -0.15) is 0 Å². The number of aliphatic carboxylic acids is 1. The molecule has 78 heavy (non-hydrogen) atoms. The van der Waals surface area contributed by atoms with Gasteiger partial charge in [0.25, 0.3) is 17.7 Å². The first-order valence-corrected chi connectivity index (χ1v) is 28.4. The number of rotatable bonds is 12. The summed E-state index contributed by atoms with van der Waals surface area (Å²) in [5.41, 5.74) is 2.34. The zero-order valence-electron chi connectivity index (χ0n) is 41.0. The minimum absolute atomic E-state index is 0.000557. The molecule has 0 saturated heterocycles. The van der Waals surface area contributed by atoms with Crippen LogP contribution in [0.15, 0.2) is 64.0 Å². The second kappa shape index (κ2) is 24.7. The fraction of sp³-hybridized carbons (Fsp3) is 0.250. The fourth-order valence-corrected chi connectivity index (χ4v) is 12.7. The highest BCUT2D eigenvalue weighted by molar-refractivity contribution is 7.16. The third-order valence-electron chi connectivity index (χ3n) is 11.2. The number of carboxylic acid groups (broad SMARTS) is 1. The minimum Gasteiger partial charge on any atom is -0.481 e. The number of hydrogen-bond acceptors (Lipinski definition) is 23. The number of carboxylic acids is 1. The number of thiazole rings is 6. The highest BCUT2D eigenvalue weighted by atomic mass is 32.1. The van der Waals surface area contributed by atoms with Gasteiger partial charge >= 0.3 is 12.1 Å². The van der Waals surface area contributed by atoms with Gasteiger partial charge in [0.2, 0.25) is 11.8 Å². The van der Waals surface area contributed by atoms with Crippen molar-refractivity contribution < 1.29 is 53.2 Å². The molecule has 30 heteroatoms. The van der Waals surface area contributed by atoms with E-state index < -0.39 is 66.3 Å². The van der Waals surface area contributed by atoms with Crippen molar-refractivity contribution in [1.29, 1.82) is 0 Å². The topological polar surface area (TPSA) is 341 Å². The third kappa shape index (κ3) is 12.9. The largest absolute Gasteiger partial charge is 0.481 e. The number of aliphatic hydroxyl groups excluding tert-OH is 1. The molecule has 1 aliphatic heterocycles. The maximum atomic E-state index is 14.1. The summed E-state index contributed by atoms with van der Waals surface area (Å²) in [6.45, 7) is 0.947. The van der Waals surface area contributed by atoms with E-state index in [0.717, 1.165) is 34.0 Å². The fourth-order valence-electron chi connectivity index (χ4n) is 7.51. The molecule has 0 aliphatic carbocycles. The van der Waals surface area contributed by atoms with Crippen LogP contribution in [0.25, 0.3) is 43.4 Å². The number of pyridine rings is 1. The Labute approximate surface area is 465 Å². The second-order valence-corrected chi connectivity index (χ2v) is 22.4. The Hall–Kier alpha value is -7.84. The van der Waals surface area contributed by atoms with E-state index in [0.29, 0.717) is 63.7 Å². The Morgan fingerprint density at radius 2 is 1.50 bits per heavy atom. The van der Waals surface area contributed by atoms with Gasteiger partial charge in [0.05, 0.1) is 42.8 Å². The van der Waals surface area contributed by atoms with Crippen LogP contribution in [0.1, 0.15) is 94.2 Å². The molecule has 8 heterocycles. The van der Waals surface area contributed by atoms with Gasteiger partial charge in [-0.1, -0.05) is 41.7 Å². The van der Waals surface area contributed by atoms with Crippen LogP contribution < -0.4 is 31.9 Å². The minimum atomic E-state index is -1.29. The van der Waals surface area contributed by atoms with E-state index in [-0.39, 0.29) is 65.5 Å². The summed E-state index contributed by atoms with van der Waals surface area (Å²) >= 11 is 6.80. The van der Waals surface area contributed by atoms with Crippen LogP contribution in [-0.4, -0.2) is 114 Å². The van der Waals surface area contributed by atoms with Crippen molar-refractivity contribution in [3.63, 3.8) is 0 Å². The number of amides is 6. The lowest BCUT2D eigenvalue weighted by molar-refractivity contribution is -0.137. The number of nitrogens with one attached hydrogen (secondary N) is 6. The Kier molecular flexibility index (Phi) is 17.4. The van der Waals surface area contributed by atoms with Crippen molar-refractivity contribution in [1.82, 2.24) is 56.2 Å². The van der Waals surface area contributed by atoms with Crippen molar-refractivity contribution in [2.24, 2.45) is 0 Å². The van der Waals surface area contributed by atoms with Crippen LogP contribution >= 0.6 is 68.0 Å². The number of ether oxygens (including phenoxy) is 2. The van der Waals surface area contributed by atoms with E-state index in [1.54, 1.807) is 70.9 Å². The second-order valence-electron chi connectivity index (χ2n) is 16.7. The van der Waals surface area contributed by atoms with E-state index in [2.05, 4.69) is 46.9 Å². The lowest BCUT2D eigenvalue weighted by Crippen LogP contribution is -2.40. The van der Waals surface area contributed by atoms with Crippen LogP contribution in [0.2, 0.25) is 0 Å². The van der Waals surface area contributed by atoms with Crippen molar-refractivity contribution in [2.45, 2.75) is 51.0 Å². The predicted molar refractivity (Wildman–Crippen MR) is 292 cm³/mol. The number of aromatic nitrogens is 7. The van der Waals surface area contributed by atoms with Gasteiger partial charge in [0, 0.05) is 52.5 Å². The van der Waals surface area contributed by atoms with Gasteiger partial charge in [0.1, 0.15) is 77.2 Å². The first kappa shape index (κ1) is 54.9. The molecule has 402 valence electrons. The average Bonchev–Trinajstić information content (AvgIpc) is 4.41. The van der Waals surface area contributed by atoms with Crippen LogP contribution in [0.4, 0.5) is 15.7 Å². The molecule has 9 rings (SSSR count). The molecule has 1 aromatic carbocycles. The molecular weight excluding hydrogens is 1130 g/mol. The molecule has 8 aromatic rings. The number of aryl methyl sites for hydroxylation is 1. The summed E-state index contributed by atoms with van der Waals surface area (Å²) in [5.74, 6) is -4.01. The standard InChI is InChI=1S/C48H43N13O11S6/c1-21-34-41(69)61-47-60-36(29(78-47)16-71-3)40(68)50-15-32(63)58-37(38(66)22-8-5-4-6-9-22)46-55-28(19-75-46)44-53-26(17-74-44)35-23(42-54-27(18-73-42)39(67)52-25(14-31(62)49-2)45(59-34)77-21)11-12-24(51-35)43-56-30(20-76-43)57-48(70)72-13-7-10-33(64)65/h4-6,8-9,11-12,17-20,25,37-38,66H,7,10,13-16H2,1-3H3,(H,49,62)(H,50,68)(H,52,67)(H,57,70)(H,58,63)(H,64,65)(H,60,61,69)/t25-,37-,38-/m0/s1. The number of methoxy groups -OCH3 is 1. The van der Waals surface area contributed by atoms with Crippen molar-refractivity contribution in [2.75, 3.05) is 37.9 Å². The number of carbonyl (C=O) groups excluding carboxylic acids is 6. The summed E-state index contributed by atoms with van der Waals surface area (Å²) in [6, 6.07) is 10.0. The summed E-state index contributed by atoms with van der Waals surface area (Å²) in [4.78, 5) is 125. The predicted octanol–water partition coefficient (Wildman–Crippen LogP) is 6.85. The van der Waals surface area contributed by atoms with E-state index in [1.807, 2.05) is 0 Å². The van der Waals surface area contributed by atoms with Crippen molar-refractivity contribution in [3.8, 4) is 43.4 Å². The molecule has 7 aromatic heterocycles. The van der Waals surface area contributed by atoms with Gasteiger partial charge in [-0.3, -0.25) is 39.4 Å². The highest BCUT2D eigenvalue weighted by Crippen LogP contribution is 2.40. The Balaban J connectivity index is 1.10. The number of anilines is 2. The number of carbonyl (C=O) groups is 7. The quantitative estimate of drug-likeness (QED) is 0.0580. The first-order chi connectivity index (χ1) is 37.6. The molecule has 0 fully saturated rings. The van der Waals surface area contributed by atoms with Gasteiger partial charge in [0.15, 0.2) is 5.13 Å². The lowest BCUT2D eigenvalue weighted by Gasteiger charge is -2.23. The van der Waals surface area contributed by atoms with Crippen molar-refractivity contribution >= 4 is 121 Å². The number of nitrogens with zero attached hydrogens (tertiary/aromatic N) is 7. The summed E-state index contributed by atoms with van der Waals surface area (Å²) in [7, 11) is 2.87. The smallest absolute Gasteiger partial charge is 0.412 e. The first-order valence-electron chi connectivity index (χ1n) is 23.2. The van der Waals surface area contributed by atoms with E-state index in [9.17, 15) is 38.7 Å². The molecule has 1 aliphatic rings. The Morgan fingerprint density at radius 3 is 2.28 bits per heavy atom. The van der Waals surface area contributed by atoms with Gasteiger partial charge in [-0.15, -0.1) is 56.7 Å². The molecule has 0 radical (unpaired) electrons. The number of benzene rings is 1. The van der Waals surface area contributed by atoms with Crippen LogP contribution in [0.3, 0.4) is 0 Å². The van der Waals surface area contributed by atoms with Crippen LogP contribution in [0, 0.1) is 6.92 Å². The van der Waals surface area contributed by atoms with E-state index in [1.165, 1.54) is 48.2 Å². The molecule has 0 unspecified atom stereocenters. The van der Waals surface area contributed by atoms with Crippen molar-refractivity contribution in [3.05, 3.63) is 106 Å². The number of aliphatic hydroxyl groups is 1. The average molecular weight is 1170 g/mol. The van der Waals surface area contributed by atoms with Gasteiger partial charge in [-0.05, 0) is 31.0 Å². The summed E-state index contributed by atoms with van der Waals surface area (Å²) in [6.07, 6.45) is -2.37. The van der Waals surface area contributed by atoms with Crippen LogP contribution in [-0.2, 0) is 30.5 Å². The van der Waals surface area contributed by atoms with E-state index >= 15 is 0 Å². The maximum absolute atomic E-state index is 14.1. The Bertz CT molecular complexity index is 3550. The molecule has 10 bridgehead atoms. The summed E-state index contributed by atoms with van der Waals surface area (Å²) < 4.78 is 10.4. The number of fused-ring (bicyclic) bond motifs is 14. The summed E-state index contributed by atoms with van der Waals surface area (Å²) in [5, 5.41) is 45.2. The third-order valence-corrected chi connectivity index (χ3v) is 16.8. The highest BCUT2D eigenvalue weighted by Gasteiger charge is 2.31. The maximum Gasteiger partial charge on any atom is 0.412 e. The molecular formula is C48H43N13O11S6. The monoisotopic (exact) mass is 1170 g/mol. The van der Waals surface area contributed by atoms with Gasteiger partial charge < -0.3 is 41.0 Å². The molecule has 3 atom stereocenters. The molecule has 24 nitrogen and oxygen atoms in total. The zero-order valence-corrected chi connectivity index (χ0v) is 45.9. The molecule has 6 amide bonds.